The van der Waals surface area contributed by atoms with E-state index in [2.05, 4.69) is 94.6 Å². The van der Waals surface area contributed by atoms with E-state index >= 15 is 0 Å². The average molecular weight is 560 g/mol. The summed E-state index contributed by atoms with van der Waals surface area (Å²) in [5, 5.41) is 3.63. The molecular weight excluding hydrogens is 522 g/mol. The normalized spacial score (nSPS) is 15.8. The van der Waals surface area contributed by atoms with Crippen LogP contribution in [0.5, 0.6) is 5.75 Å². The van der Waals surface area contributed by atoms with Crippen LogP contribution in [0.4, 0.5) is 0 Å². The predicted octanol–water partition coefficient (Wildman–Crippen LogP) is 5.68. The summed E-state index contributed by atoms with van der Waals surface area (Å²) in [6, 6.07) is 33.7. The van der Waals surface area contributed by atoms with Crippen molar-refractivity contribution in [1.29, 1.82) is 0 Å². The Labute approximate surface area is 248 Å². The lowest BCUT2D eigenvalue weighted by atomic mass is 9.82. The molecule has 1 aliphatic heterocycles. The Kier molecular flexibility index (Phi) is 10.0. The van der Waals surface area contributed by atoms with Crippen molar-refractivity contribution in [3.05, 3.63) is 131 Å². The minimum Gasteiger partial charge on any atom is -0.486 e. The van der Waals surface area contributed by atoms with E-state index in [9.17, 15) is 4.79 Å². The van der Waals surface area contributed by atoms with Gasteiger partial charge in [-0.3, -0.25) is 4.90 Å². The number of nitrogens with one attached hydrogen (secondary N) is 1. The predicted molar refractivity (Wildman–Crippen MR) is 165 cm³/mol. The lowest BCUT2D eigenvalue weighted by Crippen LogP contribution is -2.56. The second-order valence-electron chi connectivity index (χ2n) is 10.5. The summed E-state index contributed by atoms with van der Waals surface area (Å²) in [6.07, 6.45) is 2.31. The SMILES string of the molecule is COC(=O)c1ncc(C#CCC(C)N2CCNCC2C(c2ccccc2)c2ccccc2)cc1OCc1ccccc1. The van der Waals surface area contributed by atoms with Crippen LogP contribution in [0.1, 0.15) is 52.0 Å². The zero-order chi connectivity index (χ0) is 29.1. The van der Waals surface area contributed by atoms with E-state index in [-0.39, 0.29) is 17.7 Å². The van der Waals surface area contributed by atoms with Crippen LogP contribution in [0.15, 0.2) is 103 Å². The highest BCUT2D eigenvalue weighted by Gasteiger charge is 2.34. The standard InChI is InChI=1S/C36H37N3O3/c1-27(39-22-21-37-25-32(39)34(30-17-8-4-9-18-30)31-19-10-5-11-20-31)13-12-16-29-23-33(35(38-24-29)36(40)41-2)42-26-28-14-6-3-7-15-28/h3-11,14-15,17-20,23-24,27,32,34,37H,13,21-22,25-26H2,1-2H3. The van der Waals surface area contributed by atoms with Crippen molar-refractivity contribution in [3.8, 4) is 17.6 Å². The molecule has 0 aliphatic carbocycles. The van der Waals surface area contributed by atoms with Crippen molar-refractivity contribution in [2.75, 3.05) is 26.7 Å². The minimum atomic E-state index is -0.540. The van der Waals surface area contributed by atoms with Gasteiger partial charge in [0.05, 0.1) is 7.11 Å². The Balaban J connectivity index is 1.33. The molecule has 0 radical (unpaired) electrons. The average Bonchev–Trinajstić information content (AvgIpc) is 3.05. The van der Waals surface area contributed by atoms with E-state index in [1.807, 2.05) is 30.3 Å². The third-order valence-corrected chi connectivity index (χ3v) is 7.69. The van der Waals surface area contributed by atoms with E-state index in [1.54, 1.807) is 12.3 Å². The molecule has 2 atom stereocenters. The Morgan fingerprint density at radius 2 is 1.64 bits per heavy atom. The number of rotatable bonds is 9. The lowest BCUT2D eigenvalue weighted by molar-refractivity contribution is 0.0588. The summed E-state index contributed by atoms with van der Waals surface area (Å²) in [7, 11) is 1.34. The van der Waals surface area contributed by atoms with Gasteiger partial charge < -0.3 is 14.8 Å². The molecule has 5 rings (SSSR count). The van der Waals surface area contributed by atoms with Crippen molar-refractivity contribution in [1.82, 2.24) is 15.2 Å². The van der Waals surface area contributed by atoms with Gasteiger partial charge in [-0.25, -0.2) is 9.78 Å². The van der Waals surface area contributed by atoms with E-state index in [0.717, 1.165) is 25.2 Å². The summed E-state index contributed by atoms with van der Waals surface area (Å²) in [6.45, 7) is 5.39. The maximum atomic E-state index is 12.3. The van der Waals surface area contributed by atoms with Crippen LogP contribution in [0.2, 0.25) is 0 Å². The molecule has 1 N–H and O–H groups in total. The molecule has 1 aliphatic rings. The molecule has 1 aromatic heterocycles. The molecule has 1 saturated heterocycles. The first kappa shape index (κ1) is 29.1. The summed E-state index contributed by atoms with van der Waals surface area (Å²) in [4.78, 5) is 19.2. The number of pyridine rings is 1. The maximum Gasteiger partial charge on any atom is 0.360 e. The van der Waals surface area contributed by atoms with Gasteiger partial charge in [-0.2, -0.15) is 0 Å². The van der Waals surface area contributed by atoms with Gasteiger partial charge in [-0.1, -0.05) is 103 Å². The number of carbonyl (C=O) groups excluding carboxylic acids is 1. The van der Waals surface area contributed by atoms with Gasteiger partial charge in [-0.15, -0.1) is 0 Å². The number of hydrogen-bond donors (Lipinski definition) is 1. The van der Waals surface area contributed by atoms with Crippen LogP contribution < -0.4 is 10.1 Å². The number of nitrogens with zero attached hydrogens (tertiary/aromatic N) is 2. The molecule has 42 heavy (non-hydrogen) atoms. The van der Waals surface area contributed by atoms with Crippen molar-refractivity contribution in [2.24, 2.45) is 0 Å². The number of benzene rings is 3. The Morgan fingerprint density at radius 1 is 1.00 bits per heavy atom. The highest BCUT2D eigenvalue weighted by atomic mass is 16.5. The molecule has 4 aromatic rings. The second kappa shape index (κ2) is 14.5. The molecule has 2 heterocycles. The smallest absolute Gasteiger partial charge is 0.360 e. The van der Waals surface area contributed by atoms with Crippen LogP contribution in [0.25, 0.3) is 0 Å². The molecule has 0 bridgehead atoms. The maximum absolute atomic E-state index is 12.3. The molecule has 2 unspecified atom stereocenters. The third-order valence-electron chi connectivity index (χ3n) is 7.69. The van der Waals surface area contributed by atoms with Gasteiger partial charge in [0.25, 0.3) is 0 Å². The van der Waals surface area contributed by atoms with Crippen molar-refractivity contribution in [2.45, 2.75) is 38.0 Å². The number of hydrogen-bond acceptors (Lipinski definition) is 6. The summed E-state index contributed by atoms with van der Waals surface area (Å²) in [5.74, 6) is 6.70. The molecule has 0 spiro atoms. The van der Waals surface area contributed by atoms with E-state index < -0.39 is 5.97 Å². The Bertz CT molecular complexity index is 1460. The van der Waals surface area contributed by atoms with Gasteiger partial charge in [-0.05, 0) is 29.7 Å². The third kappa shape index (κ3) is 7.25. The van der Waals surface area contributed by atoms with Gasteiger partial charge in [0.2, 0.25) is 0 Å². The van der Waals surface area contributed by atoms with Crippen molar-refractivity contribution < 1.29 is 14.3 Å². The van der Waals surface area contributed by atoms with Crippen LogP contribution >= 0.6 is 0 Å². The fourth-order valence-electron chi connectivity index (χ4n) is 5.58. The number of aromatic nitrogens is 1. The summed E-state index contributed by atoms with van der Waals surface area (Å²) in [5.41, 5.74) is 4.47. The Hall–Kier alpha value is -4.44. The van der Waals surface area contributed by atoms with Crippen molar-refractivity contribution >= 4 is 5.97 Å². The number of ether oxygens (including phenoxy) is 2. The molecule has 1 fully saturated rings. The van der Waals surface area contributed by atoms with E-state index in [4.69, 9.17) is 9.47 Å². The monoisotopic (exact) mass is 559 g/mol. The first-order valence-corrected chi connectivity index (χ1v) is 14.4. The number of piperazine rings is 1. The first-order valence-electron chi connectivity index (χ1n) is 14.4. The number of methoxy groups -OCH3 is 1. The largest absolute Gasteiger partial charge is 0.486 e. The molecule has 6 nitrogen and oxygen atoms in total. The number of carbonyl (C=O) groups is 1. The van der Waals surface area contributed by atoms with Gasteiger partial charge >= 0.3 is 5.97 Å². The van der Waals surface area contributed by atoms with E-state index in [0.29, 0.717) is 30.4 Å². The van der Waals surface area contributed by atoms with E-state index in [1.165, 1.54) is 18.2 Å². The van der Waals surface area contributed by atoms with Crippen LogP contribution in [0.3, 0.4) is 0 Å². The highest BCUT2D eigenvalue weighted by molar-refractivity contribution is 5.90. The summed E-state index contributed by atoms with van der Waals surface area (Å²) >= 11 is 0. The van der Waals surface area contributed by atoms with Crippen LogP contribution in [-0.2, 0) is 11.3 Å². The molecule has 6 heteroatoms. The zero-order valence-corrected chi connectivity index (χ0v) is 24.2. The van der Waals surface area contributed by atoms with Gasteiger partial charge in [0.1, 0.15) is 6.61 Å². The second-order valence-corrected chi connectivity index (χ2v) is 10.5. The summed E-state index contributed by atoms with van der Waals surface area (Å²) < 4.78 is 10.9. The molecule has 0 saturated carbocycles. The molecule has 0 amide bonds. The number of esters is 1. The minimum absolute atomic E-state index is 0.142. The first-order chi connectivity index (χ1) is 20.6. The van der Waals surface area contributed by atoms with Gasteiger partial charge in [0, 0.05) is 55.8 Å². The topological polar surface area (TPSA) is 63.7 Å². The molecule has 3 aromatic carbocycles. The van der Waals surface area contributed by atoms with Crippen molar-refractivity contribution in [3.63, 3.8) is 0 Å². The lowest BCUT2D eigenvalue weighted by Gasteiger charge is -2.44. The zero-order valence-electron chi connectivity index (χ0n) is 24.2. The molecular formula is C36H37N3O3. The quantitative estimate of drug-likeness (QED) is 0.210. The fraction of sp³-hybridized carbons (Fsp3) is 0.278. The fourth-order valence-corrected chi connectivity index (χ4v) is 5.58. The highest BCUT2D eigenvalue weighted by Crippen LogP contribution is 2.33. The van der Waals surface area contributed by atoms with Gasteiger partial charge in [0.15, 0.2) is 11.4 Å². The Morgan fingerprint density at radius 3 is 2.29 bits per heavy atom. The van der Waals surface area contributed by atoms with Crippen LogP contribution in [-0.4, -0.2) is 54.7 Å². The van der Waals surface area contributed by atoms with Crippen LogP contribution in [0, 0.1) is 11.8 Å². The molecule has 214 valence electrons.